The zero-order chi connectivity index (χ0) is 15.3. The molecule has 1 aliphatic rings. The quantitative estimate of drug-likeness (QED) is 0.473. The number of amides is 1. The van der Waals surface area contributed by atoms with Crippen molar-refractivity contribution in [2.75, 3.05) is 6.44 Å². The number of sulfonamides is 1. The Morgan fingerprint density at radius 3 is 2.40 bits per heavy atom. The highest BCUT2D eigenvalue weighted by molar-refractivity contribution is 7.90. The van der Waals surface area contributed by atoms with Gasteiger partial charge in [-0.15, -0.1) is 0 Å². The fourth-order valence-electron chi connectivity index (χ4n) is 1.75. The number of benzene rings is 1. The first-order valence-electron chi connectivity index (χ1n) is 5.10. The molecule has 1 aromatic carbocycles. The van der Waals surface area contributed by atoms with E-state index < -0.39 is 50.4 Å². The van der Waals surface area contributed by atoms with Crippen molar-refractivity contribution < 1.29 is 31.1 Å². The Morgan fingerprint density at radius 2 is 1.90 bits per heavy atom. The van der Waals surface area contributed by atoms with E-state index in [9.17, 15) is 36.3 Å². The predicted octanol–water partition coefficient (Wildman–Crippen LogP) is 1.13. The van der Waals surface area contributed by atoms with Crippen LogP contribution in [0.3, 0.4) is 0 Å². The molecule has 1 amide bonds. The highest BCUT2D eigenvalue weighted by atomic mass is 32.2. The van der Waals surface area contributed by atoms with Gasteiger partial charge in [0.05, 0.1) is 10.5 Å². The third-order valence-corrected chi connectivity index (χ3v) is 4.38. The van der Waals surface area contributed by atoms with Crippen molar-refractivity contribution in [2.45, 2.75) is 4.90 Å². The van der Waals surface area contributed by atoms with Crippen LogP contribution in [-0.2, 0) is 10.0 Å². The van der Waals surface area contributed by atoms with Crippen LogP contribution in [-0.4, -0.2) is 37.0 Å². The van der Waals surface area contributed by atoms with E-state index in [2.05, 4.69) is 0 Å². The Balaban J connectivity index is 2.56. The van der Waals surface area contributed by atoms with Crippen LogP contribution in [0.25, 0.3) is 0 Å². The number of hydrogen-bond acceptors (Lipinski definition) is 5. The van der Waals surface area contributed by atoms with Crippen LogP contribution >= 0.6 is 0 Å². The maximum atomic E-state index is 12.4. The van der Waals surface area contributed by atoms with Gasteiger partial charge in [0.15, 0.2) is 0 Å². The largest absolute Gasteiger partial charge is 0.498 e. The van der Waals surface area contributed by atoms with Gasteiger partial charge in [-0.05, 0) is 6.07 Å². The van der Waals surface area contributed by atoms with Crippen LogP contribution in [0.4, 0.5) is 18.6 Å². The SMILES string of the molecule is O=C1c2cc([N+](=O)[O-])ccc2S(=O)(=O)N1C[B-](F)(F)F. The molecule has 7 nitrogen and oxygen atoms in total. The normalized spacial score (nSPS) is 17.1. The molecule has 0 saturated carbocycles. The van der Waals surface area contributed by atoms with Crippen molar-refractivity contribution in [1.82, 2.24) is 4.31 Å². The van der Waals surface area contributed by atoms with Gasteiger partial charge in [0.2, 0.25) is 0 Å². The molecule has 0 spiro atoms. The van der Waals surface area contributed by atoms with Crippen LogP contribution in [0.5, 0.6) is 0 Å². The topological polar surface area (TPSA) is 97.6 Å². The Labute approximate surface area is 110 Å². The molecular weight excluding hydrogens is 304 g/mol. The molecular formula is C8H5BF3N2O5S-. The molecule has 12 heteroatoms. The number of nitro benzene ring substituents is 1. The number of fused-ring (bicyclic) bond motifs is 1. The number of non-ortho nitro benzene ring substituents is 1. The van der Waals surface area contributed by atoms with Crippen molar-refractivity contribution in [3.63, 3.8) is 0 Å². The number of halogens is 3. The molecule has 0 saturated heterocycles. The van der Waals surface area contributed by atoms with Crippen molar-refractivity contribution in [3.8, 4) is 0 Å². The second kappa shape index (κ2) is 4.20. The second-order valence-electron chi connectivity index (χ2n) is 3.99. The van der Waals surface area contributed by atoms with Crippen LogP contribution in [0.15, 0.2) is 23.1 Å². The fourth-order valence-corrected chi connectivity index (χ4v) is 3.34. The summed E-state index contributed by atoms with van der Waals surface area (Å²) >= 11 is 0. The van der Waals surface area contributed by atoms with Gasteiger partial charge in [0, 0.05) is 18.6 Å². The first-order valence-corrected chi connectivity index (χ1v) is 6.54. The van der Waals surface area contributed by atoms with Gasteiger partial charge in [0.1, 0.15) is 4.90 Å². The lowest BCUT2D eigenvalue weighted by Gasteiger charge is -2.22. The van der Waals surface area contributed by atoms with E-state index in [0.717, 1.165) is 12.1 Å². The average molecular weight is 309 g/mol. The monoisotopic (exact) mass is 309 g/mol. The standard InChI is InChI=1S/C8H5BF3N2O5S/c10-9(11,12)4-13-8(15)6-3-5(14(16)17)1-2-7(6)20(13,18)19/h1-3H,4H2/q-1. The summed E-state index contributed by atoms with van der Waals surface area (Å²) in [5.41, 5.74) is -1.20. The van der Waals surface area contributed by atoms with E-state index in [1.54, 1.807) is 0 Å². The molecule has 0 radical (unpaired) electrons. The van der Waals surface area contributed by atoms with Crippen molar-refractivity contribution in [1.29, 1.82) is 0 Å². The summed E-state index contributed by atoms with van der Waals surface area (Å²) in [5.74, 6) is -1.41. The zero-order valence-corrected chi connectivity index (χ0v) is 10.3. The molecule has 108 valence electrons. The van der Waals surface area contributed by atoms with Crippen molar-refractivity contribution >= 4 is 28.6 Å². The first kappa shape index (κ1) is 14.3. The predicted molar refractivity (Wildman–Crippen MR) is 60.4 cm³/mol. The molecule has 2 rings (SSSR count). The van der Waals surface area contributed by atoms with Gasteiger partial charge in [-0.3, -0.25) is 19.2 Å². The van der Waals surface area contributed by atoms with Gasteiger partial charge in [-0.25, -0.2) is 8.42 Å². The molecule has 1 aliphatic heterocycles. The fraction of sp³-hybridized carbons (Fsp3) is 0.125. The number of nitro groups is 1. The highest BCUT2D eigenvalue weighted by Gasteiger charge is 2.45. The molecule has 0 bridgehead atoms. The molecule has 1 heterocycles. The first-order chi connectivity index (χ1) is 9.04. The third kappa shape index (κ3) is 2.22. The number of nitrogens with zero attached hydrogens (tertiary/aromatic N) is 2. The van der Waals surface area contributed by atoms with Crippen LogP contribution in [0.2, 0.25) is 0 Å². The van der Waals surface area contributed by atoms with Crippen molar-refractivity contribution in [2.24, 2.45) is 0 Å². The van der Waals surface area contributed by atoms with Crippen LogP contribution in [0, 0.1) is 10.1 Å². The van der Waals surface area contributed by atoms with E-state index in [-0.39, 0.29) is 4.31 Å². The van der Waals surface area contributed by atoms with Crippen molar-refractivity contribution in [3.05, 3.63) is 33.9 Å². The molecule has 0 atom stereocenters. The molecule has 20 heavy (non-hydrogen) atoms. The van der Waals surface area contributed by atoms with E-state index in [1.807, 2.05) is 0 Å². The Hall–Kier alpha value is -2.11. The van der Waals surface area contributed by atoms with Gasteiger partial charge in [-0.1, -0.05) is 0 Å². The van der Waals surface area contributed by atoms with E-state index in [1.165, 1.54) is 0 Å². The summed E-state index contributed by atoms with van der Waals surface area (Å²) < 4.78 is 60.3. The smallest absolute Gasteiger partial charge is 0.448 e. The van der Waals surface area contributed by atoms with Crippen LogP contribution in [0.1, 0.15) is 10.4 Å². The summed E-state index contributed by atoms with van der Waals surface area (Å²) in [6, 6.07) is 2.22. The maximum Gasteiger partial charge on any atom is 0.498 e. The molecule has 0 fully saturated rings. The average Bonchev–Trinajstić information content (AvgIpc) is 2.49. The van der Waals surface area contributed by atoms with E-state index >= 15 is 0 Å². The van der Waals surface area contributed by atoms with Gasteiger partial charge < -0.3 is 12.9 Å². The number of rotatable bonds is 3. The Bertz CT molecular complexity index is 717. The summed E-state index contributed by atoms with van der Waals surface area (Å²) in [6.07, 6.45) is -1.91. The molecule has 1 aromatic rings. The number of hydrogen-bond donors (Lipinski definition) is 0. The minimum atomic E-state index is -5.55. The second-order valence-corrected chi connectivity index (χ2v) is 5.82. The summed E-state index contributed by atoms with van der Waals surface area (Å²) in [6.45, 7) is -5.55. The van der Waals surface area contributed by atoms with E-state index in [4.69, 9.17) is 0 Å². The van der Waals surface area contributed by atoms with Gasteiger partial charge in [-0.2, -0.15) is 0 Å². The maximum absolute atomic E-state index is 12.4. The lowest BCUT2D eigenvalue weighted by atomic mass is 9.92. The molecule has 0 N–H and O–H groups in total. The Morgan fingerprint density at radius 1 is 1.30 bits per heavy atom. The number of carbonyl (C=O) groups excluding carboxylic acids is 1. The molecule has 0 unspecified atom stereocenters. The minimum Gasteiger partial charge on any atom is -0.448 e. The Kier molecular flexibility index (Phi) is 3.00. The lowest BCUT2D eigenvalue weighted by molar-refractivity contribution is -0.384. The summed E-state index contributed by atoms with van der Waals surface area (Å²) in [7, 11) is -4.61. The van der Waals surface area contributed by atoms with Gasteiger partial charge in [0.25, 0.3) is 21.6 Å². The number of carbonyl (C=O) groups is 1. The summed E-state index contributed by atoms with van der Waals surface area (Å²) in [4.78, 5) is 20.7. The minimum absolute atomic E-state index is 0.318. The third-order valence-electron chi connectivity index (χ3n) is 2.57. The molecule has 0 aromatic heterocycles. The van der Waals surface area contributed by atoms with Crippen LogP contribution < -0.4 is 0 Å². The lowest BCUT2D eigenvalue weighted by Crippen LogP contribution is -2.41. The van der Waals surface area contributed by atoms with Gasteiger partial charge >= 0.3 is 6.98 Å². The highest BCUT2D eigenvalue weighted by Crippen LogP contribution is 2.33. The summed E-state index contributed by atoms with van der Waals surface area (Å²) in [5, 5.41) is 10.5. The van der Waals surface area contributed by atoms with E-state index in [0.29, 0.717) is 6.07 Å². The zero-order valence-electron chi connectivity index (χ0n) is 9.49. The molecule has 0 aliphatic carbocycles.